The van der Waals surface area contributed by atoms with Crippen molar-refractivity contribution in [3.8, 4) is 5.88 Å². The molecule has 4 heteroatoms. The van der Waals surface area contributed by atoms with Crippen molar-refractivity contribution >= 4 is 11.6 Å². The molecule has 0 bridgehead atoms. The number of hydrogen-bond donors (Lipinski definition) is 1. The van der Waals surface area contributed by atoms with Gasteiger partial charge in [-0.05, 0) is 17.5 Å². The molecule has 1 aromatic heterocycles. The fraction of sp³-hybridized carbons (Fsp3) is 0.250. The molecule has 1 N–H and O–H groups in total. The van der Waals surface area contributed by atoms with Gasteiger partial charge >= 0.3 is 0 Å². The van der Waals surface area contributed by atoms with Crippen LogP contribution in [0.3, 0.4) is 0 Å². The van der Waals surface area contributed by atoms with E-state index in [2.05, 4.69) is 10.3 Å². The molecule has 0 saturated carbocycles. The molecule has 0 saturated heterocycles. The van der Waals surface area contributed by atoms with E-state index >= 15 is 0 Å². The predicted octanol–water partition coefficient (Wildman–Crippen LogP) is 3.22. The molecule has 2 rings (SSSR count). The first-order valence-corrected chi connectivity index (χ1v) is 6.54. The van der Waals surface area contributed by atoms with Crippen molar-refractivity contribution in [2.45, 2.75) is 19.3 Å². The van der Waals surface area contributed by atoms with Crippen LogP contribution in [0.4, 0.5) is 5.69 Å². The number of aromatic nitrogens is 1. The van der Waals surface area contributed by atoms with Crippen LogP contribution in [0.2, 0.25) is 0 Å². The highest BCUT2D eigenvalue weighted by molar-refractivity contribution is 5.91. The highest BCUT2D eigenvalue weighted by atomic mass is 16.5. The van der Waals surface area contributed by atoms with Crippen LogP contribution in [0.1, 0.15) is 24.8 Å². The van der Waals surface area contributed by atoms with E-state index in [9.17, 15) is 4.79 Å². The number of methoxy groups -OCH3 is 1. The Morgan fingerprint density at radius 1 is 1.25 bits per heavy atom. The molecule has 1 atom stereocenters. The number of carbonyl (C=O) groups excluding carboxylic acids is 1. The summed E-state index contributed by atoms with van der Waals surface area (Å²) in [6.07, 6.45) is 2.03. The predicted molar refractivity (Wildman–Crippen MR) is 78.9 cm³/mol. The summed E-state index contributed by atoms with van der Waals surface area (Å²) >= 11 is 0. The van der Waals surface area contributed by atoms with E-state index in [1.807, 2.05) is 37.3 Å². The normalized spacial score (nSPS) is 11.7. The zero-order valence-electron chi connectivity index (χ0n) is 11.7. The van der Waals surface area contributed by atoms with Crippen LogP contribution in [0.25, 0.3) is 0 Å². The quantitative estimate of drug-likeness (QED) is 0.907. The second kappa shape index (κ2) is 6.70. The van der Waals surface area contributed by atoms with Gasteiger partial charge in [-0.1, -0.05) is 37.3 Å². The average molecular weight is 270 g/mol. The summed E-state index contributed by atoms with van der Waals surface area (Å²) in [6.45, 7) is 2.04. The van der Waals surface area contributed by atoms with Gasteiger partial charge in [0.2, 0.25) is 11.8 Å². The number of amides is 1. The Balaban J connectivity index is 1.91. The Morgan fingerprint density at radius 3 is 2.60 bits per heavy atom. The lowest BCUT2D eigenvalue weighted by molar-refractivity contribution is -0.116. The standard InChI is InChI=1S/C16H18N2O2/c1-12(13-6-4-3-5-7-13)10-15(19)18-14-8-9-16(20-2)17-11-14/h3-9,11-12H,10H2,1-2H3,(H,18,19)/t12-/m0/s1. The number of ether oxygens (including phenoxy) is 1. The first kappa shape index (κ1) is 14.1. The number of nitrogens with zero attached hydrogens (tertiary/aromatic N) is 1. The molecular weight excluding hydrogens is 252 g/mol. The van der Waals surface area contributed by atoms with Gasteiger partial charge in [0.1, 0.15) is 0 Å². The third kappa shape index (κ3) is 3.82. The zero-order chi connectivity index (χ0) is 14.4. The molecular formula is C16H18N2O2. The van der Waals surface area contributed by atoms with E-state index in [1.165, 1.54) is 0 Å². The fourth-order valence-corrected chi connectivity index (χ4v) is 1.96. The van der Waals surface area contributed by atoms with Gasteiger partial charge in [0.25, 0.3) is 0 Å². The summed E-state index contributed by atoms with van der Waals surface area (Å²) in [4.78, 5) is 16.0. The summed E-state index contributed by atoms with van der Waals surface area (Å²) < 4.78 is 4.97. The van der Waals surface area contributed by atoms with E-state index in [0.717, 1.165) is 5.56 Å². The molecule has 4 nitrogen and oxygen atoms in total. The van der Waals surface area contributed by atoms with Crippen molar-refractivity contribution < 1.29 is 9.53 Å². The average Bonchev–Trinajstić information content (AvgIpc) is 2.49. The lowest BCUT2D eigenvalue weighted by Gasteiger charge is -2.12. The summed E-state index contributed by atoms with van der Waals surface area (Å²) in [6, 6.07) is 13.5. The molecule has 104 valence electrons. The Hall–Kier alpha value is -2.36. The van der Waals surface area contributed by atoms with Crippen molar-refractivity contribution in [2.75, 3.05) is 12.4 Å². The van der Waals surface area contributed by atoms with Gasteiger partial charge in [-0.25, -0.2) is 4.98 Å². The Bertz CT molecular complexity index is 552. The molecule has 20 heavy (non-hydrogen) atoms. The van der Waals surface area contributed by atoms with Crippen molar-refractivity contribution in [1.82, 2.24) is 4.98 Å². The van der Waals surface area contributed by atoms with Crippen LogP contribution in [0, 0.1) is 0 Å². The van der Waals surface area contributed by atoms with Crippen LogP contribution < -0.4 is 10.1 Å². The second-order valence-electron chi connectivity index (χ2n) is 4.65. The van der Waals surface area contributed by atoms with Gasteiger partial charge in [0.15, 0.2) is 0 Å². The van der Waals surface area contributed by atoms with Gasteiger partial charge in [0, 0.05) is 12.5 Å². The first-order chi connectivity index (χ1) is 9.69. The molecule has 0 spiro atoms. The number of rotatable bonds is 5. The van der Waals surface area contributed by atoms with Gasteiger partial charge in [-0.15, -0.1) is 0 Å². The van der Waals surface area contributed by atoms with E-state index in [-0.39, 0.29) is 11.8 Å². The van der Waals surface area contributed by atoms with Crippen LogP contribution in [-0.2, 0) is 4.79 Å². The third-order valence-electron chi connectivity index (χ3n) is 3.09. The number of benzene rings is 1. The Morgan fingerprint density at radius 2 is 2.00 bits per heavy atom. The van der Waals surface area contributed by atoms with E-state index in [1.54, 1.807) is 25.4 Å². The molecule has 0 unspecified atom stereocenters. The molecule has 0 radical (unpaired) electrons. The maximum absolute atomic E-state index is 12.0. The maximum atomic E-state index is 12.0. The number of nitrogens with one attached hydrogen (secondary N) is 1. The molecule has 0 aliphatic rings. The monoisotopic (exact) mass is 270 g/mol. The Labute approximate surface area is 118 Å². The van der Waals surface area contributed by atoms with E-state index < -0.39 is 0 Å². The lowest BCUT2D eigenvalue weighted by atomic mass is 9.97. The molecule has 2 aromatic rings. The highest BCUT2D eigenvalue weighted by Gasteiger charge is 2.11. The first-order valence-electron chi connectivity index (χ1n) is 6.54. The van der Waals surface area contributed by atoms with Crippen molar-refractivity contribution in [2.24, 2.45) is 0 Å². The van der Waals surface area contributed by atoms with Gasteiger partial charge < -0.3 is 10.1 Å². The van der Waals surface area contributed by atoms with E-state index in [4.69, 9.17) is 4.74 Å². The number of anilines is 1. The number of hydrogen-bond acceptors (Lipinski definition) is 3. The van der Waals surface area contributed by atoms with Gasteiger partial charge in [-0.2, -0.15) is 0 Å². The summed E-state index contributed by atoms with van der Waals surface area (Å²) in [5, 5.41) is 2.84. The minimum absolute atomic E-state index is 0.0201. The summed E-state index contributed by atoms with van der Waals surface area (Å²) in [7, 11) is 1.56. The number of pyridine rings is 1. The van der Waals surface area contributed by atoms with Gasteiger partial charge in [-0.3, -0.25) is 4.79 Å². The molecule has 0 aliphatic heterocycles. The van der Waals surface area contributed by atoms with Crippen LogP contribution >= 0.6 is 0 Å². The zero-order valence-corrected chi connectivity index (χ0v) is 11.7. The van der Waals surface area contributed by atoms with Crippen molar-refractivity contribution in [1.29, 1.82) is 0 Å². The fourth-order valence-electron chi connectivity index (χ4n) is 1.96. The van der Waals surface area contributed by atoms with Crippen LogP contribution in [-0.4, -0.2) is 18.0 Å². The van der Waals surface area contributed by atoms with Crippen molar-refractivity contribution in [3.05, 3.63) is 54.2 Å². The molecule has 1 amide bonds. The Kier molecular flexibility index (Phi) is 4.71. The molecule has 1 aromatic carbocycles. The number of carbonyl (C=O) groups is 1. The third-order valence-corrected chi connectivity index (χ3v) is 3.09. The molecule has 0 aliphatic carbocycles. The smallest absolute Gasteiger partial charge is 0.225 e. The second-order valence-corrected chi connectivity index (χ2v) is 4.65. The SMILES string of the molecule is COc1ccc(NC(=O)C[C@H](C)c2ccccc2)cn1. The molecule has 0 fully saturated rings. The minimum Gasteiger partial charge on any atom is -0.481 e. The maximum Gasteiger partial charge on any atom is 0.225 e. The van der Waals surface area contributed by atoms with E-state index in [0.29, 0.717) is 18.0 Å². The summed E-state index contributed by atoms with van der Waals surface area (Å²) in [5.74, 6) is 0.691. The van der Waals surface area contributed by atoms with Crippen LogP contribution in [0.5, 0.6) is 5.88 Å². The summed E-state index contributed by atoms with van der Waals surface area (Å²) in [5.41, 5.74) is 1.84. The van der Waals surface area contributed by atoms with Crippen molar-refractivity contribution in [3.63, 3.8) is 0 Å². The highest BCUT2D eigenvalue weighted by Crippen LogP contribution is 2.19. The lowest BCUT2D eigenvalue weighted by Crippen LogP contribution is -2.14. The minimum atomic E-state index is -0.0201. The van der Waals surface area contributed by atoms with Gasteiger partial charge in [0.05, 0.1) is 19.0 Å². The molecule has 1 heterocycles. The largest absolute Gasteiger partial charge is 0.481 e. The van der Waals surface area contributed by atoms with Crippen LogP contribution in [0.15, 0.2) is 48.7 Å². The topological polar surface area (TPSA) is 51.2 Å².